The molecule has 0 radical (unpaired) electrons. The predicted octanol–water partition coefficient (Wildman–Crippen LogP) is 1.17. The van der Waals surface area contributed by atoms with Gasteiger partial charge in [0.25, 0.3) is 0 Å². The lowest BCUT2D eigenvalue weighted by molar-refractivity contribution is 0.557. The molecule has 0 unspecified atom stereocenters. The van der Waals surface area contributed by atoms with E-state index in [9.17, 15) is 0 Å². The number of nitrogens with two attached hydrogens (primary N) is 1. The summed E-state index contributed by atoms with van der Waals surface area (Å²) in [5.41, 5.74) is 7.97. The van der Waals surface area contributed by atoms with Gasteiger partial charge < -0.3 is 16.4 Å². The van der Waals surface area contributed by atoms with Crippen LogP contribution in [0.25, 0.3) is 0 Å². The van der Waals surface area contributed by atoms with Crippen molar-refractivity contribution in [3.63, 3.8) is 0 Å². The van der Waals surface area contributed by atoms with Gasteiger partial charge in [-0.25, -0.2) is 0 Å². The van der Waals surface area contributed by atoms with Crippen molar-refractivity contribution in [2.75, 3.05) is 18.9 Å². The molecule has 0 bridgehead atoms. The lowest BCUT2D eigenvalue weighted by atomic mass is 10.1. The van der Waals surface area contributed by atoms with Gasteiger partial charge in [-0.15, -0.1) is 0 Å². The normalized spacial score (nSPS) is 12.5. The molecule has 0 saturated heterocycles. The van der Waals surface area contributed by atoms with Gasteiger partial charge >= 0.3 is 0 Å². The molecular formula is C11H19N3. The Morgan fingerprint density at radius 1 is 1.36 bits per heavy atom. The Kier molecular flexibility index (Phi) is 4.43. The Balaban J connectivity index is 2.57. The molecule has 0 fully saturated rings. The van der Waals surface area contributed by atoms with Crippen LogP contribution >= 0.6 is 0 Å². The SMILES string of the molecule is CNc1ccccc1CN[C@@H](C)CN. The molecular weight excluding hydrogens is 174 g/mol. The van der Waals surface area contributed by atoms with Gasteiger partial charge in [-0.2, -0.15) is 0 Å². The van der Waals surface area contributed by atoms with E-state index in [-0.39, 0.29) is 0 Å². The van der Waals surface area contributed by atoms with Crippen LogP contribution in [0.3, 0.4) is 0 Å². The molecule has 1 rings (SSSR count). The first-order chi connectivity index (χ1) is 6.77. The average molecular weight is 193 g/mol. The molecule has 1 atom stereocenters. The van der Waals surface area contributed by atoms with Crippen molar-refractivity contribution in [2.24, 2.45) is 5.73 Å². The first-order valence-electron chi connectivity index (χ1n) is 4.97. The molecule has 0 aliphatic carbocycles. The highest BCUT2D eigenvalue weighted by Crippen LogP contribution is 2.13. The fourth-order valence-electron chi connectivity index (χ4n) is 1.29. The van der Waals surface area contributed by atoms with E-state index in [0.717, 1.165) is 6.54 Å². The molecule has 3 nitrogen and oxygen atoms in total. The topological polar surface area (TPSA) is 50.1 Å². The van der Waals surface area contributed by atoms with Crippen LogP contribution in [0.15, 0.2) is 24.3 Å². The summed E-state index contributed by atoms with van der Waals surface area (Å²) in [6.45, 7) is 3.61. The Labute approximate surface area is 85.7 Å². The van der Waals surface area contributed by atoms with Gasteiger partial charge in [0, 0.05) is 31.9 Å². The molecule has 0 saturated carbocycles. The van der Waals surface area contributed by atoms with E-state index in [4.69, 9.17) is 5.73 Å². The third-order valence-corrected chi connectivity index (χ3v) is 2.28. The van der Waals surface area contributed by atoms with Gasteiger partial charge in [0.05, 0.1) is 0 Å². The number of rotatable bonds is 5. The Morgan fingerprint density at radius 3 is 2.71 bits per heavy atom. The number of benzene rings is 1. The van der Waals surface area contributed by atoms with E-state index in [1.807, 2.05) is 19.2 Å². The van der Waals surface area contributed by atoms with E-state index in [2.05, 4.69) is 29.7 Å². The summed E-state index contributed by atoms with van der Waals surface area (Å²) >= 11 is 0. The van der Waals surface area contributed by atoms with E-state index in [1.165, 1.54) is 11.3 Å². The number of para-hydroxylation sites is 1. The maximum absolute atomic E-state index is 5.53. The zero-order chi connectivity index (χ0) is 10.4. The van der Waals surface area contributed by atoms with Gasteiger partial charge in [-0.05, 0) is 18.6 Å². The minimum atomic E-state index is 0.361. The molecule has 1 aromatic carbocycles. The molecule has 0 aromatic heterocycles. The molecule has 0 heterocycles. The fraction of sp³-hybridized carbons (Fsp3) is 0.455. The maximum atomic E-state index is 5.53. The van der Waals surface area contributed by atoms with Crippen LogP contribution in [0.5, 0.6) is 0 Å². The Hall–Kier alpha value is -1.06. The average Bonchev–Trinajstić information content (AvgIpc) is 2.26. The lowest BCUT2D eigenvalue weighted by Crippen LogP contribution is -2.32. The van der Waals surface area contributed by atoms with Crippen LogP contribution in [0.4, 0.5) is 5.69 Å². The molecule has 14 heavy (non-hydrogen) atoms. The number of hydrogen-bond donors (Lipinski definition) is 3. The standard InChI is InChI=1S/C11H19N3/c1-9(7-12)14-8-10-5-3-4-6-11(10)13-2/h3-6,9,13-14H,7-8,12H2,1-2H3/t9-/m0/s1. The van der Waals surface area contributed by atoms with Gasteiger partial charge in [-0.3, -0.25) is 0 Å². The van der Waals surface area contributed by atoms with Gasteiger partial charge in [0.2, 0.25) is 0 Å². The quantitative estimate of drug-likeness (QED) is 0.658. The van der Waals surface area contributed by atoms with Crippen LogP contribution in [0.1, 0.15) is 12.5 Å². The summed E-state index contributed by atoms with van der Waals surface area (Å²) < 4.78 is 0. The van der Waals surface area contributed by atoms with E-state index in [0.29, 0.717) is 12.6 Å². The van der Waals surface area contributed by atoms with Crippen LogP contribution < -0.4 is 16.4 Å². The van der Waals surface area contributed by atoms with Crippen LogP contribution in [-0.2, 0) is 6.54 Å². The van der Waals surface area contributed by atoms with E-state index >= 15 is 0 Å². The minimum Gasteiger partial charge on any atom is -0.388 e. The molecule has 4 N–H and O–H groups in total. The lowest BCUT2D eigenvalue weighted by Gasteiger charge is -2.13. The summed E-state index contributed by atoms with van der Waals surface area (Å²) in [4.78, 5) is 0. The maximum Gasteiger partial charge on any atom is 0.0383 e. The largest absolute Gasteiger partial charge is 0.388 e. The second kappa shape index (κ2) is 5.62. The molecule has 0 spiro atoms. The first kappa shape index (κ1) is 11.0. The molecule has 0 aliphatic heterocycles. The minimum absolute atomic E-state index is 0.361. The summed E-state index contributed by atoms with van der Waals surface area (Å²) in [5, 5.41) is 6.52. The highest BCUT2D eigenvalue weighted by Gasteiger charge is 2.01. The Morgan fingerprint density at radius 2 is 2.07 bits per heavy atom. The highest BCUT2D eigenvalue weighted by atomic mass is 14.9. The van der Waals surface area contributed by atoms with Gasteiger partial charge in [0.1, 0.15) is 0 Å². The van der Waals surface area contributed by atoms with Crippen LogP contribution in [0, 0.1) is 0 Å². The number of nitrogens with one attached hydrogen (secondary N) is 2. The van der Waals surface area contributed by atoms with Crippen molar-refractivity contribution in [2.45, 2.75) is 19.5 Å². The summed E-state index contributed by atoms with van der Waals surface area (Å²) in [6, 6.07) is 8.62. The van der Waals surface area contributed by atoms with Crippen LogP contribution in [0.2, 0.25) is 0 Å². The zero-order valence-electron chi connectivity index (χ0n) is 8.88. The van der Waals surface area contributed by atoms with E-state index < -0.39 is 0 Å². The zero-order valence-corrected chi connectivity index (χ0v) is 8.88. The highest BCUT2D eigenvalue weighted by molar-refractivity contribution is 5.50. The second-order valence-corrected chi connectivity index (χ2v) is 3.42. The number of hydrogen-bond acceptors (Lipinski definition) is 3. The summed E-state index contributed by atoms with van der Waals surface area (Å²) in [7, 11) is 1.94. The molecule has 0 aliphatic rings. The van der Waals surface area contributed by atoms with E-state index in [1.54, 1.807) is 0 Å². The van der Waals surface area contributed by atoms with Gasteiger partial charge in [-0.1, -0.05) is 18.2 Å². The summed E-state index contributed by atoms with van der Waals surface area (Å²) in [6.07, 6.45) is 0. The smallest absolute Gasteiger partial charge is 0.0383 e. The summed E-state index contributed by atoms with van der Waals surface area (Å²) in [5.74, 6) is 0. The molecule has 78 valence electrons. The first-order valence-corrected chi connectivity index (χ1v) is 4.97. The third kappa shape index (κ3) is 3.01. The van der Waals surface area contributed by atoms with Crippen LogP contribution in [-0.4, -0.2) is 19.6 Å². The van der Waals surface area contributed by atoms with Crippen molar-refractivity contribution < 1.29 is 0 Å². The molecule has 3 heteroatoms. The second-order valence-electron chi connectivity index (χ2n) is 3.42. The van der Waals surface area contributed by atoms with Crippen molar-refractivity contribution in [1.29, 1.82) is 0 Å². The van der Waals surface area contributed by atoms with Gasteiger partial charge in [0.15, 0.2) is 0 Å². The van der Waals surface area contributed by atoms with Crippen molar-refractivity contribution in [3.05, 3.63) is 29.8 Å². The molecule has 0 amide bonds. The third-order valence-electron chi connectivity index (χ3n) is 2.28. The Bertz CT molecular complexity index is 273. The van der Waals surface area contributed by atoms with Crippen molar-refractivity contribution in [3.8, 4) is 0 Å². The fourth-order valence-corrected chi connectivity index (χ4v) is 1.29. The molecule has 1 aromatic rings. The number of anilines is 1. The monoisotopic (exact) mass is 193 g/mol. The van der Waals surface area contributed by atoms with Crippen molar-refractivity contribution in [1.82, 2.24) is 5.32 Å². The predicted molar refractivity (Wildman–Crippen MR) is 61.3 cm³/mol. The van der Waals surface area contributed by atoms with Crippen molar-refractivity contribution >= 4 is 5.69 Å².